The minimum absolute atomic E-state index is 0.00430. The van der Waals surface area contributed by atoms with Crippen molar-refractivity contribution in [3.05, 3.63) is 22.0 Å². The van der Waals surface area contributed by atoms with Crippen molar-refractivity contribution in [2.24, 2.45) is 5.92 Å². The molecule has 1 N–H and O–H groups in total. The molecule has 1 rings (SSSR count). The number of aromatic nitrogens is 2. The smallest absolute Gasteiger partial charge is 0.309 e. The van der Waals surface area contributed by atoms with Gasteiger partial charge in [-0.3, -0.25) is 10.1 Å². The second kappa shape index (κ2) is 5.39. The van der Waals surface area contributed by atoms with Crippen LogP contribution < -0.4 is 5.32 Å². The first-order chi connectivity index (χ1) is 7.54. The van der Waals surface area contributed by atoms with E-state index in [0.29, 0.717) is 30.5 Å². The van der Waals surface area contributed by atoms with E-state index in [0.717, 1.165) is 0 Å². The van der Waals surface area contributed by atoms with Gasteiger partial charge in [0.1, 0.15) is 11.9 Å². The van der Waals surface area contributed by atoms with Crippen LogP contribution in [0.25, 0.3) is 0 Å². The zero-order chi connectivity index (χ0) is 12.1. The maximum atomic E-state index is 10.8. The van der Waals surface area contributed by atoms with E-state index in [1.807, 2.05) is 20.8 Å². The van der Waals surface area contributed by atoms with Crippen LogP contribution in [0.1, 0.15) is 26.5 Å². The Kier molecular flexibility index (Phi) is 4.16. The Hall–Kier alpha value is -1.72. The van der Waals surface area contributed by atoms with Gasteiger partial charge < -0.3 is 5.32 Å². The maximum absolute atomic E-state index is 10.8. The molecule has 0 bridgehead atoms. The molecule has 0 atom stereocenters. The predicted octanol–water partition coefficient (Wildman–Crippen LogP) is 2.02. The van der Waals surface area contributed by atoms with Crippen LogP contribution in [-0.4, -0.2) is 21.4 Å². The Labute approximate surface area is 94.3 Å². The van der Waals surface area contributed by atoms with Crippen LogP contribution >= 0.6 is 0 Å². The molecule has 88 valence electrons. The van der Waals surface area contributed by atoms with Crippen molar-refractivity contribution < 1.29 is 4.92 Å². The van der Waals surface area contributed by atoms with Gasteiger partial charge >= 0.3 is 5.69 Å². The second-order valence-electron chi connectivity index (χ2n) is 3.91. The SMILES string of the molecule is CCNc1ncc([N+](=O)[O-])c(CC(C)C)n1. The van der Waals surface area contributed by atoms with Crippen LogP contribution in [0.4, 0.5) is 11.6 Å². The molecule has 1 heterocycles. The number of anilines is 1. The van der Waals surface area contributed by atoms with Gasteiger partial charge in [-0.25, -0.2) is 9.97 Å². The molecule has 0 aromatic carbocycles. The summed E-state index contributed by atoms with van der Waals surface area (Å²) in [5, 5.41) is 13.7. The molecule has 6 heteroatoms. The zero-order valence-electron chi connectivity index (χ0n) is 9.73. The van der Waals surface area contributed by atoms with E-state index in [1.165, 1.54) is 6.20 Å². The first-order valence-corrected chi connectivity index (χ1v) is 5.28. The average molecular weight is 224 g/mol. The molecule has 1 aromatic heterocycles. The fraction of sp³-hybridized carbons (Fsp3) is 0.600. The minimum Gasteiger partial charge on any atom is -0.354 e. The lowest BCUT2D eigenvalue weighted by atomic mass is 10.1. The molecule has 0 amide bonds. The quantitative estimate of drug-likeness (QED) is 0.611. The summed E-state index contributed by atoms with van der Waals surface area (Å²) in [4.78, 5) is 18.4. The van der Waals surface area contributed by atoms with Crippen molar-refractivity contribution in [3.63, 3.8) is 0 Å². The van der Waals surface area contributed by atoms with E-state index >= 15 is 0 Å². The summed E-state index contributed by atoms with van der Waals surface area (Å²) in [5.74, 6) is 0.770. The number of nitrogens with zero attached hydrogens (tertiary/aromatic N) is 3. The predicted molar refractivity (Wildman–Crippen MR) is 61.4 cm³/mol. The van der Waals surface area contributed by atoms with Crippen molar-refractivity contribution in [2.75, 3.05) is 11.9 Å². The van der Waals surface area contributed by atoms with Crippen LogP contribution in [0, 0.1) is 16.0 Å². The van der Waals surface area contributed by atoms with Gasteiger partial charge in [0.15, 0.2) is 0 Å². The lowest BCUT2D eigenvalue weighted by molar-refractivity contribution is -0.386. The third-order valence-electron chi connectivity index (χ3n) is 1.98. The second-order valence-corrected chi connectivity index (χ2v) is 3.91. The first-order valence-electron chi connectivity index (χ1n) is 5.28. The van der Waals surface area contributed by atoms with Gasteiger partial charge in [0.25, 0.3) is 0 Å². The van der Waals surface area contributed by atoms with Crippen molar-refractivity contribution in [2.45, 2.75) is 27.2 Å². The Morgan fingerprint density at radius 2 is 2.25 bits per heavy atom. The summed E-state index contributed by atoms with van der Waals surface area (Å²) in [5.41, 5.74) is 0.487. The van der Waals surface area contributed by atoms with Crippen LogP contribution in [0.3, 0.4) is 0 Å². The molecule has 16 heavy (non-hydrogen) atoms. The number of nitro groups is 1. The van der Waals surface area contributed by atoms with E-state index in [-0.39, 0.29) is 5.69 Å². The van der Waals surface area contributed by atoms with E-state index in [9.17, 15) is 10.1 Å². The van der Waals surface area contributed by atoms with Gasteiger partial charge in [-0.2, -0.15) is 0 Å². The van der Waals surface area contributed by atoms with E-state index < -0.39 is 4.92 Å². The molecule has 0 spiro atoms. The molecule has 0 aliphatic rings. The highest BCUT2D eigenvalue weighted by Gasteiger charge is 2.17. The average Bonchev–Trinajstić information content (AvgIpc) is 2.16. The Balaban J connectivity index is 3.05. The summed E-state index contributed by atoms with van der Waals surface area (Å²) in [6, 6.07) is 0. The van der Waals surface area contributed by atoms with E-state index in [4.69, 9.17) is 0 Å². The van der Waals surface area contributed by atoms with Crippen LogP contribution in [0.15, 0.2) is 6.20 Å². The van der Waals surface area contributed by atoms with Crippen molar-refractivity contribution in [1.82, 2.24) is 9.97 Å². The molecule has 0 radical (unpaired) electrons. The molecular weight excluding hydrogens is 208 g/mol. The van der Waals surface area contributed by atoms with Crippen molar-refractivity contribution in [3.8, 4) is 0 Å². The molecule has 6 nitrogen and oxygen atoms in total. The standard InChI is InChI=1S/C10H16N4O2/c1-4-11-10-12-6-9(14(15)16)8(13-10)5-7(2)3/h6-7H,4-5H2,1-3H3,(H,11,12,13). The molecule has 0 saturated heterocycles. The van der Waals surface area contributed by atoms with Crippen LogP contribution in [0.5, 0.6) is 0 Å². The molecule has 0 fully saturated rings. The maximum Gasteiger partial charge on any atom is 0.309 e. The normalized spacial score (nSPS) is 10.5. The summed E-state index contributed by atoms with van der Waals surface area (Å²) in [6.45, 7) is 6.61. The molecule has 0 aliphatic carbocycles. The molecular formula is C10H16N4O2. The van der Waals surface area contributed by atoms with Crippen LogP contribution in [0.2, 0.25) is 0 Å². The van der Waals surface area contributed by atoms with Crippen molar-refractivity contribution in [1.29, 1.82) is 0 Å². The molecule has 0 unspecified atom stereocenters. The van der Waals surface area contributed by atoms with Gasteiger partial charge in [-0.05, 0) is 19.3 Å². The third-order valence-corrected chi connectivity index (χ3v) is 1.98. The summed E-state index contributed by atoms with van der Waals surface area (Å²) in [7, 11) is 0. The number of hydrogen-bond acceptors (Lipinski definition) is 5. The highest BCUT2D eigenvalue weighted by Crippen LogP contribution is 2.19. The fourth-order valence-corrected chi connectivity index (χ4v) is 1.34. The van der Waals surface area contributed by atoms with Crippen LogP contribution in [-0.2, 0) is 6.42 Å². The van der Waals surface area contributed by atoms with E-state index in [1.54, 1.807) is 0 Å². The zero-order valence-corrected chi connectivity index (χ0v) is 9.73. The van der Waals surface area contributed by atoms with Gasteiger partial charge in [-0.1, -0.05) is 13.8 Å². The number of nitrogens with one attached hydrogen (secondary N) is 1. The molecule has 1 aromatic rings. The Bertz CT molecular complexity index is 379. The molecule has 0 saturated carbocycles. The lowest BCUT2D eigenvalue weighted by Crippen LogP contribution is -2.08. The number of hydrogen-bond donors (Lipinski definition) is 1. The van der Waals surface area contributed by atoms with Gasteiger partial charge in [0, 0.05) is 6.54 Å². The molecule has 0 aliphatic heterocycles. The number of rotatable bonds is 5. The van der Waals surface area contributed by atoms with Gasteiger partial charge in [0.05, 0.1) is 4.92 Å². The Morgan fingerprint density at radius 1 is 1.56 bits per heavy atom. The largest absolute Gasteiger partial charge is 0.354 e. The van der Waals surface area contributed by atoms with Gasteiger partial charge in [0.2, 0.25) is 5.95 Å². The van der Waals surface area contributed by atoms with E-state index in [2.05, 4.69) is 15.3 Å². The topological polar surface area (TPSA) is 81.0 Å². The highest BCUT2D eigenvalue weighted by molar-refractivity contribution is 5.38. The minimum atomic E-state index is -0.437. The van der Waals surface area contributed by atoms with Gasteiger partial charge in [-0.15, -0.1) is 0 Å². The summed E-state index contributed by atoms with van der Waals surface area (Å²) >= 11 is 0. The fourth-order valence-electron chi connectivity index (χ4n) is 1.34. The Morgan fingerprint density at radius 3 is 2.75 bits per heavy atom. The van der Waals surface area contributed by atoms with Crippen molar-refractivity contribution >= 4 is 11.6 Å². The monoisotopic (exact) mass is 224 g/mol. The lowest BCUT2D eigenvalue weighted by Gasteiger charge is -2.07. The summed E-state index contributed by atoms with van der Waals surface area (Å²) < 4.78 is 0. The first kappa shape index (κ1) is 12.4. The highest BCUT2D eigenvalue weighted by atomic mass is 16.6. The summed E-state index contributed by atoms with van der Waals surface area (Å²) in [6.07, 6.45) is 1.85. The third kappa shape index (κ3) is 3.15.